The molecule has 22 heavy (non-hydrogen) atoms. The lowest BCUT2D eigenvalue weighted by Crippen LogP contribution is -2.43. The summed E-state index contributed by atoms with van der Waals surface area (Å²) >= 11 is 0. The highest BCUT2D eigenvalue weighted by Gasteiger charge is 2.32. The molecule has 1 aliphatic carbocycles. The highest BCUT2D eigenvalue weighted by atomic mass is 16.4. The standard InChI is InChI=1S/C17H21N3O2/c1-12(13-8-9-13)20(2)17(21)19-11-16-18-10-15(22-16)14-6-4-3-5-7-14/h3-7,10,12-13H,8-9,11H2,1-2H3,(H,19,21)/t12-/m1/s1. The van der Waals surface area contributed by atoms with Gasteiger partial charge in [-0.2, -0.15) is 0 Å². The highest BCUT2D eigenvalue weighted by molar-refractivity contribution is 5.74. The molecule has 5 nitrogen and oxygen atoms in total. The van der Waals surface area contributed by atoms with Gasteiger partial charge in [0.25, 0.3) is 0 Å². The molecule has 1 aliphatic rings. The lowest BCUT2D eigenvalue weighted by Gasteiger charge is -2.24. The predicted octanol–water partition coefficient (Wildman–Crippen LogP) is 3.28. The van der Waals surface area contributed by atoms with Gasteiger partial charge in [0.1, 0.15) is 0 Å². The highest BCUT2D eigenvalue weighted by Crippen LogP contribution is 2.34. The minimum Gasteiger partial charge on any atom is -0.439 e. The molecule has 0 bridgehead atoms. The molecule has 1 N–H and O–H groups in total. The number of carbonyl (C=O) groups excluding carboxylic acids is 1. The zero-order chi connectivity index (χ0) is 15.5. The van der Waals surface area contributed by atoms with Gasteiger partial charge in [-0.3, -0.25) is 0 Å². The minimum absolute atomic E-state index is 0.0844. The van der Waals surface area contributed by atoms with Crippen molar-refractivity contribution in [3.63, 3.8) is 0 Å². The van der Waals surface area contributed by atoms with Crippen molar-refractivity contribution >= 4 is 6.03 Å². The fraction of sp³-hybridized carbons (Fsp3) is 0.412. The quantitative estimate of drug-likeness (QED) is 0.921. The van der Waals surface area contributed by atoms with Gasteiger partial charge in [-0.25, -0.2) is 9.78 Å². The third-order valence-corrected chi connectivity index (χ3v) is 4.24. The Kier molecular flexibility index (Phi) is 4.13. The van der Waals surface area contributed by atoms with Gasteiger partial charge >= 0.3 is 6.03 Å². The van der Waals surface area contributed by atoms with Crippen LogP contribution in [0.3, 0.4) is 0 Å². The molecule has 0 saturated heterocycles. The fourth-order valence-electron chi connectivity index (χ4n) is 2.48. The van der Waals surface area contributed by atoms with E-state index in [1.54, 1.807) is 11.1 Å². The molecule has 1 aromatic carbocycles. The van der Waals surface area contributed by atoms with Crippen molar-refractivity contribution in [2.45, 2.75) is 32.4 Å². The maximum absolute atomic E-state index is 12.1. The van der Waals surface area contributed by atoms with Crippen molar-refractivity contribution in [3.8, 4) is 11.3 Å². The second-order valence-electron chi connectivity index (χ2n) is 5.83. The second-order valence-corrected chi connectivity index (χ2v) is 5.83. The molecule has 2 amide bonds. The second kappa shape index (κ2) is 6.22. The van der Waals surface area contributed by atoms with Crippen molar-refractivity contribution in [2.24, 2.45) is 5.92 Å². The Hall–Kier alpha value is -2.30. The van der Waals surface area contributed by atoms with Crippen LogP contribution in [0.15, 0.2) is 40.9 Å². The zero-order valence-electron chi connectivity index (χ0n) is 13.0. The maximum atomic E-state index is 12.1. The number of nitrogens with zero attached hydrogens (tertiary/aromatic N) is 2. The molecule has 0 radical (unpaired) electrons. The minimum atomic E-state index is -0.0844. The first-order valence-corrected chi connectivity index (χ1v) is 7.66. The molecule has 1 saturated carbocycles. The normalized spacial score (nSPS) is 15.4. The monoisotopic (exact) mass is 299 g/mol. The van der Waals surface area contributed by atoms with E-state index in [1.807, 2.05) is 37.4 Å². The maximum Gasteiger partial charge on any atom is 0.317 e. The van der Waals surface area contributed by atoms with E-state index in [4.69, 9.17) is 4.42 Å². The van der Waals surface area contributed by atoms with Crippen LogP contribution in [0.5, 0.6) is 0 Å². The molecule has 1 heterocycles. The first-order valence-electron chi connectivity index (χ1n) is 7.66. The number of hydrogen-bond acceptors (Lipinski definition) is 3. The summed E-state index contributed by atoms with van der Waals surface area (Å²) in [7, 11) is 1.84. The van der Waals surface area contributed by atoms with E-state index < -0.39 is 0 Å². The van der Waals surface area contributed by atoms with Gasteiger partial charge in [0.05, 0.1) is 12.7 Å². The van der Waals surface area contributed by atoms with E-state index in [0.717, 1.165) is 5.56 Å². The number of oxazole rings is 1. The van der Waals surface area contributed by atoms with Gasteiger partial charge in [0.2, 0.25) is 5.89 Å². The molecule has 116 valence electrons. The molecule has 0 spiro atoms. The molecule has 1 atom stereocenters. The number of carbonyl (C=O) groups is 1. The molecule has 5 heteroatoms. The van der Waals surface area contributed by atoms with Crippen LogP contribution in [0.25, 0.3) is 11.3 Å². The lowest BCUT2D eigenvalue weighted by atomic mass is 10.2. The smallest absolute Gasteiger partial charge is 0.317 e. The van der Waals surface area contributed by atoms with E-state index in [-0.39, 0.29) is 12.1 Å². The number of hydrogen-bond donors (Lipinski definition) is 1. The Morgan fingerprint density at radius 2 is 2.14 bits per heavy atom. The van der Waals surface area contributed by atoms with Crippen LogP contribution < -0.4 is 5.32 Å². The molecule has 0 aliphatic heterocycles. The van der Waals surface area contributed by atoms with E-state index in [0.29, 0.717) is 24.1 Å². The molecular weight excluding hydrogens is 278 g/mol. The zero-order valence-corrected chi connectivity index (χ0v) is 13.0. The van der Waals surface area contributed by atoms with Crippen molar-refractivity contribution in [3.05, 3.63) is 42.4 Å². The average molecular weight is 299 g/mol. The largest absolute Gasteiger partial charge is 0.439 e. The molecule has 2 aromatic rings. The Labute approximate surface area is 130 Å². The van der Waals surface area contributed by atoms with Crippen molar-refractivity contribution in [1.29, 1.82) is 0 Å². The van der Waals surface area contributed by atoms with Gasteiger partial charge < -0.3 is 14.6 Å². The first kappa shape index (κ1) is 14.6. The Bertz CT molecular complexity index is 634. The van der Waals surface area contributed by atoms with Crippen LogP contribution in [-0.2, 0) is 6.54 Å². The Morgan fingerprint density at radius 1 is 1.41 bits per heavy atom. The lowest BCUT2D eigenvalue weighted by molar-refractivity contribution is 0.186. The number of rotatable bonds is 5. The van der Waals surface area contributed by atoms with E-state index >= 15 is 0 Å². The van der Waals surface area contributed by atoms with Gasteiger partial charge in [0, 0.05) is 18.7 Å². The van der Waals surface area contributed by atoms with Crippen LogP contribution in [0.4, 0.5) is 4.79 Å². The Balaban J connectivity index is 1.55. The van der Waals surface area contributed by atoms with Crippen LogP contribution in [-0.4, -0.2) is 29.0 Å². The summed E-state index contributed by atoms with van der Waals surface area (Å²) in [5.74, 6) is 1.88. The van der Waals surface area contributed by atoms with Gasteiger partial charge in [-0.05, 0) is 25.7 Å². The summed E-state index contributed by atoms with van der Waals surface area (Å²) in [5.41, 5.74) is 0.979. The summed E-state index contributed by atoms with van der Waals surface area (Å²) in [4.78, 5) is 18.1. The number of amides is 2. The fourth-order valence-corrected chi connectivity index (χ4v) is 2.48. The van der Waals surface area contributed by atoms with Crippen LogP contribution >= 0.6 is 0 Å². The van der Waals surface area contributed by atoms with Crippen LogP contribution in [0.1, 0.15) is 25.7 Å². The van der Waals surface area contributed by atoms with Crippen LogP contribution in [0, 0.1) is 5.92 Å². The summed E-state index contributed by atoms with van der Waals surface area (Å²) in [6, 6.07) is 9.99. The van der Waals surface area contributed by atoms with Crippen molar-refractivity contribution in [2.75, 3.05) is 7.05 Å². The van der Waals surface area contributed by atoms with Crippen molar-refractivity contribution in [1.82, 2.24) is 15.2 Å². The summed E-state index contributed by atoms with van der Waals surface area (Å²) in [5, 5.41) is 2.86. The summed E-state index contributed by atoms with van der Waals surface area (Å²) in [6.45, 7) is 2.39. The number of benzene rings is 1. The molecule has 1 fully saturated rings. The van der Waals surface area contributed by atoms with E-state index in [1.165, 1.54) is 12.8 Å². The number of nitrogens with one attached hydrogen (secondary N) is 1. The molecule has 1 aromatic heterocycles. The molecule has 3 rings (SSSR count). The van der Waals surface area contributed by atoms with Crippen LogP contribution in [0.2, 0.25) is 0 Å². The molecular formula is C17H21N3O2. The Morgan fingerprint density at radius 3 is 2.82 bits per heavy atom. The topological polar surface area (TPSA) is 58.4 Å². The predicted molar refractivity (Wildman–Crippen MR) is 84.1 cm³/mol. The van der Waals surface area contributed by atoms with E-state index in [9.17, 15) is 4.79 Å². The summed E-state index contributed by atoms with van der Waals surface area (Å²) in [6.07, 6.45) is 4.13. The number of urea groups is 1. The third-order valence-electron chi connectivity index (χ3n) is 4.24. The third kappa shape index (κ3) is 3.30. The van der Waals surface area contributed by atoms with Gasteiger partial charge in [0.15, 0.2) is 5.76 Å². The SMILES string of the molecule is C[C@H](C1CC1)N(C)C(=O)NCc1ncc(-c2ccccc2)o1. The molecule has 0 unspecified atom stereocenters. The first-order chi connectivity index (χ1) is 10.6. The van der Waals surface area contributed by atoms with E-state index in [2.05, 4.69) is 17.2 Å². The van der Waals surface area contributed by atoms with Gasteiger partial charge in [-0.1, -0.05) is 30.3 Å². The summed E-state index contributed by atoms with van der Waals surface area (Å²) < 4.78 is 5.68. The number of aromatic nitrogens is 1. The van der Waals surface area contributed by atoms with Crippen molar-refractivity contribution < 1.29 is 9.21 Å². The average Bonchev–Trinajstić information content (AvgIpc) is 3.30. The van der Waals surface area contributed by atoms with Gasteiger partial charge in [-0.15, -0.1) is 0 Å².